The number of hydrogen-bond donors (Lipinski definition) is 1. The molecule has 0 radical (unpaired) electrons. The summed E-state index contributed by atoms with van der Waals surface area (Å²) in [6.45, 7) is 0. The molecule has 3 nitrogen and oxygen atoms in total. The Morgan fingerprint density at radius 2 is 0.966 bits per heavy atom. The van der Waals surface area contributed by atoms with Crippen molar-refractivity contribution in [2.75, 3.05) is 0 Å². The van der Waals surface area contributed by atoms with Gasteiger partial charge in [0.15, 0.2) is 5.84 Å². The van der Waals surface area contributed by atoms with Gasteiger partial charge in [-0.15, -0.1) is 0 Å². The minimum atomic E-state index is -0.576. The summed E-state index contributed by atoms with van der Waals surface area (Å²) in [5.41, 5.74) is 14.9. The third-order valence-electron chi connectivity index (χ3n) is 12.0. The van der Waals surface area contributed by atoms with Crippen molar-refractivity contribution in [1.82, 2.24) is 5.32 Å². The molecule has 1 atom stereocenters. The molecule has 9 aromatic rings. The summed E-state index contributed by atoms with van der Waals surface area (Å²) in [7, 11) is 0. The van der Waals surface area contributed by atoms with Crippen molar-refractivity contribution >= 4 is 22.4 Å². The lowest BCUT2D eigenvalue weighted by molar-refractivity contribution is 0.674. The lowest BCUT2D eigenvalue weighted by atomic mass is 9.67. The van der Waals surface area contributed by atoms with Crippen molar-refractivity contribution in [2.24, 2.45) is 9.98 Å². The summed E-state index contributed by atoms with van der Waals surface area (Å²) in [6.07, 6.45) is -0.271. The Kier molecular flexibility index (Phi) is 8.45. The Labute approximate surface area is 344 Å². The Balaban J connectivity index is 1.13. The van der Waals surface area contributed by atoms with Gasteiger partial charge in [-0.25, -0.2) is 9.98 Å². The van der Waals surface area contributed by atoms with E-state index in [0.29, 0.717) is 5.84 Å². The summed E-state index contributed by atoms with van der Waals surface area (Å²) in [4.78, 5) is 10.2. The third kappa shape index (κ3) is 5.82. The lowest BCUT2D eigenvalue weighted by Crippen LogP contribution is -2.33. The van der Waals surface area contributed by atoms with E-state index in [1.54, 1.807) is 0 Å². The Hall–Kier alpha value is -7.62. The van der Waals surface area contributed by atoms with Crippen LogP contribution in [0.1, 0.15) is 45.1 Å². The van der Waals surface area contributed by atoms with Crippen LogP contribution in [0.4, 0.5) is 0 Å². The van der Waals surface area contributed by atoms with E-state index < -0.39 is 5.41 Å². The van der Waals surface area contributed by atoms with Crippen molar-refractivity contribution < 1.29 is 0 Å². The highest BCUT2D eigenvalue weighted by Gasteiger charge is 2.47. The topological polar surface area (TPSA) is 36.8 Å². The van der Waals surface area contributed by atoms with Crippen LogP contribution in [-0.2, 0) is 5.41 Å². The molecule has 2 aliphatic rings. The molecule has 1 unspecified atom stereocenters. The van der Waals surface area contributed by atoms with E-state index >= 15 is 0 Å². The van der Waals surface area contributed by atoms with Gasteiger partial charge in [0.2, 0.25) is 0 Å². The van der Waals surface area contributed by atoms with Crippen LogP contribution < -0.4 is 5.32 Å². The smallest absolute Gasteiger partial charge is 0.159 e. The zero-order valence-electron chi connectivity index (χ0n) is 32.3. The summed E-state index contributed by atoms with van der Waals surface area (Å²) < 4.78 is 0. The fourth-order valence-electron chi connectivity index (χ4n) is 9.35. The van der Waals surface area contributed by atoms with Gasteiger partial charge in [-0.05, 0) is 90.2 Å². The van der Waals surface area contributed by atoms with E-state index in [1.165, 1.54) is 55.3 Å². The maximum Gasteiger partial charge on any atom is 0.159 e. The molecule has 0 saturated heterocycles. The molecule has 0 saturated carbocycles. The van der Waals surface area contributed by atoms with Crippen LogP contribution in [0.15, 0.2) is 234 Å². The van der Waals surface area contributed by atoms with Gasteiger partial charge in [0.1, 0.15) is 12.0 Å². The second-order valence-electron chi connectivity index (χ2n) is 15.3. The van der Waals surface area contributed by atoms with Crippen LogP contribution in [0.3, 0.4) is 0 Å². The van der Waals surface area contributed by atoms with E-state index in [4.69, 9.17) is 9.98 Å². The molecule has 1 heterocycles. The number of amidine groups is 2. The lowest BCUT2D eigenvalue weighted by Gasteiger charge is -2.34. The number of rotatable bonds is 7. The molecule has 3 heteroatoms. The first-order chi connectivity index (χ1) is 29.3. The van der Waals surface area contributed by atoms with Crippen LogP contribution in [-0.4, -0.2) is 11.7 Å². The fraction of sp³-hybridized carbons (Fsp3) is 0.0357. The maximum atomic E-state index is 5.14. The summed E-state index contributed by atoms with van der Waals surface area (Å²) in [6, 6.07) is 80.9. The molecule has 0 bridgehead atoms. The predicted molar refractivity (Wildman–Crippen MR) is 244 cm³/mol. The monoisotopic (exact) mass is 753 g/mol. The molecule has 278 valence electrons. The minimum absolute atomic E-state index is 0.271. The molecule has 11 rings (SSSR count). The van der Waals surface area contributed by atoms with Gasteiger partial charge < -0.3 is 5.32 Å². The number of nitrogens with zero attached hydrogens (tertiary/aromatic N) is 2. The second kappa shape index (κ2) is 14.4. The number of aliphatic imine (C=N–C) groups is 2. The van der Waals surface area contributed by atoms with Crippen molar-refractivity contribution in [3.05, 3.63) is 263 Å². The Bertz CT molecular complexity index is 3010. The molecule has 9 aromatic carbocycles. The zero-order chi connectivity index (χ0) is 39.2. The first-order valence-electron chi connectivity index (χ1n) is 20.3. The highest BCUT2D eigenvalue weighted by Crippen LogP contribution is 2.60. The van der Waals surface area contributed by atoms with Crippen molar-refractivity contribution in [3.63, 3.8) is 0 Å². The summed E-state index contributed by atoms with van der Waals surface area (Å²) in [5.74, 6) is 1.51. The van der Waals surface area contributed by atoms with Gasteiger partial charge >= 0.3 is 0 Å². The SMILES string of the molecule is c1ccc(C2=NC(c3ccccc3)NC(c3cccc(-c4ccc5c(c4)C(c4ccccc4)(c4ccccc4)c4cc6ccccc6c(-c6ccccc6)c4-5)c3)=N2)cc1. The average Bonchev–Trinajstić information content (AvgIpc) is 3.61. The van der Waals surface area contributed by atoms with Gasteiger partial charge in [-0.1, -0.05) is 206 Å². The minimum Gasteiger partial charge on any atom is -0.344 e. The van der Waals surface area contributed by atoms with Gasteiger partial charge in [-0.3, -0.25) is 0 Å². The maximum absolute atomic E-state index is 5.14. The molecule has 0 amide bonds. The standard InChI is InChI=1S/C56H39N3/c1-6-19-38(20-7-1)51-47-32-17-16-25-43(47)37-50-52(51)48-34-33-42(36-49(48)56(50,45-28-12-4-13-29-45)46-30-14-5-15-31-46)41-26-18-27-44(35-41)55-58-53(39-21-8-2-9-22-39)57-54(59-55)40-23-10-3-11-24-40/h1-37,53H,(H,57,58,59). The number of benzene rings is 9. The quantitative estimate of drug-likeness (QED) is 0.173. The molecule has 1 N–H and O–H groups in total. The normalized spacial score (nSPS) is 15.1. The van der Waals surface area contributed by atoms with E-state index in [-0.39, 0.29) is 6.17 Å². The van der Waals surface area contributed by atoms with Crippen LogP contribution in [0, 0.1) is 0 Å². The van der Waals surface area contributed by atoms with Crippen molar-refractivity contribution in [2.45, 2.75) is 11.6 Å². The van der Waals surface area contributed by atoms with Gasteiger partial charge in [0.25, 0.3) is 0 Å². The average molecular weight is 754 g/mol. The van der Waals surface area contributed by atoms with Gasteiger partial charge in [-0.2, -0.15) is 0 Å². The highest BCUT2D eigenvalue weighted by atomic mass is 15.2. The first-order valence-corrected chi connectivity index (χ1v) is 20.3. The summed E-state index contributed by atoms with van der Waals surface area (Å²) >= 11 is 0. The molecule has 0 aromatic heterocycles. The van der Waals surface area contributed by atoms with Gasteiger partial charge in [0, 0.05) is 11.1 Å². The number of fused-ring (bicyclic) bond motifs is 4. The number of nitrogens with one attached hydrogen (secondary N) is 1. The van der Waals surface area contributed by atoms with Crippen LogP contribution >= 0.6 is 0 Å². The highest BCUT2D eigenvalue weighted by molar-refractivity contribution is 6.13. The van der Waals surface area contributed by atoms with Crippen molar-refractivity contribution in [3.8, 4) is 33.4 Å². The number of hydrogen-bond acceptors (Lipinski definition) is 3. The van der Waals surface area contributed by atoms with Gasteiger partial charge in [0.05, 0.1) is 5.41 Å². The summed E-state index contributed by atoms with van der Waals surface area (Å²) in [5, 5.41) is 6.16. The van der Waals surface area contributed by atoms with Crippen molar-refractivity contribution in [1.29, 1.82) is 0 Å². The molecule has 1 aliphatic carbocycles. The molecular formula is C56H39N3. The van der Waals surface area contributed by atoms with Crippen LogP contribution in [0.2, 0.25) is 0 Å². The van der Waals surface area contributed by atoms with E-state index in [1.807, 2.05) is 24.3 Å². The van der Waals surface area contributed by atoms with Crippen LogP contribution in [0.25, 0.3) is 44.2 Å². The zero-order valence-corrected chi connectivity index (χ0v) is 32.3. The van der Waals surface area contributed by atoms with E-state index in [2.05, 4.69) is 206 Å². The largest absolute Gasteiger partial charge is 0.344 e. The van der Waals surface area contributed by atoms with Crippen LogP contribution in [0.5, 0.6) is 0 Å². The molecular weight excluding hydrogens is 715 g/mol. The molecule has 59 heavy (non-hydrogen) atoms. The first kappa shape index (κ1) is 34.6. The molecule has 0 fully saturated rings. The molecule has 0 spiro atoms. The Morgan fingerprint density at radius 3 is 1.66 bits per heavy atom. The molecule has 1 aliphatic heterocycles. The predicted octanol–water partition coefficient (Wildman–Crippen LogP) is 13.0. The Morgan fingerprint density at radius 1 is 0.407 bits per heavy atom. The third-order valence-corrected chi connectivity index (χ3v) is 12.0. The second-order valence-corrected chi connectivity index (χ2v) is 15.3. The fourth-order valence-corrected chi connectivity index (χ4v) is 9.35. The van der Waals surface area contributed by atoms with E-state index in [0.717, 1.165) is 33.7 Å². The van der Waals surface area contributed by atoms with E-state index in [9.17, 15) is 0 Å².